The Morgan fingerprint density at radius 1 is 0.732 bits per heavy atom. The highest BCUT2D eigenvalue weighted by Crippen LogP contribution is 2.56. The van der Waals surface area contributed by atoms with Crippen molar-refractivity contribution in [3.05, 3.63) is 87.4 Å². The topological polar surface area (TPSA) is 63.2 Å². The average molecular weight is 638 g/mol. The van der Waals surface area contributed by atoms with Crippen molar-refractivity contribution in [2.75, 3.05) is 14.2 Å². The summed E-state index contributed by atoms with van der Waals surface area (Å²) in [5.41, 5.74) is 3.57. The summed E-state index contributed by atoms with van der Waals surface area (Å²) in [5.74, 6) is 2.53. The second-order valence-electron chi connectivity index (χ2n) is 10.7. The number of rotatable bonds is 7. The number of halogens is 1. The summed E-state index contributed by atoms with van der Waals surface area (Å²) in [7, 11) is -0.268. The number of benzene rings is 4. The van der Waals surface area contributed by atoms with Gasteiger partial charge in [-0.1, -0.05) is 18.2 Å². The molecule has 0 spiro atoms. The zero-order valence-electron chi connectivity index (χ0n) is 24.5. The summed E-state index contributed by atoms with van der Waals surface area (Å²) in [6.07, 6.45) is 0. The Balaban J connectivity index is 1.85. The molecular formula is C33H34BrO6P. The van der Waals surface area contributed by atoms with Crippen LogP contribution in [0.15, 0.2) is 65.1 Å². The van der Waals surface area contributed by atoms with Crippen molar-refractivity contribution in [2.45, 2.75) is 47.3 Å². The lowest BCUT2D eigenvalue weighted by atomic mass is 10.1. The van der Waals surface area contributed by atoms with Crippen LogP contribution in [0.5, 0.6) is 34.5 Å². The van der Waals surface area contributed by atoms with E-state index in [-0.39, 0.29) is 0 Å². The molecule has 41 heavy (non-hydrogen) atoms. The van der Waals surface area contributed by atoms with Gasteiger partial charge in [0.25, 0.3) is 0 Å². The predicted octanol–water partition coefficient (Wildman–Crippen LogP) is 7.64. The van der Waals surface area contributed by atoms with Gasteiger partial charge in [0, 0.05) is 29.8 Å². The lowest BCUT2D eigenvalue weighted by Gasteiger charge is -2.25. The molecule has 5 rings (SSSR count). The van der Waals surface area contributed by atoms with Gasteiger partial charge in [-0.05, 0) is 108 Å². The van der Waals surface area contributed by atoms with Gasteiger partial charge in [0.2, 0.25) is 11.5 Å². The van der Waals surface area contributed by atoms with E-state index in [9.17, 15) is 0 Å². The molecule has 0 saturated carbocycles. The van der Waals surface area contributed by atoms with Crippen LogP contribution in [-0.4, -0.2) is 20.0 Å². The normalized spacial score (nSPS) is 13.7. The molecule has 0 fully saturated rings. The van der Waals surface area contributed by atoms with Gasteiger partial charge in [-0.2, -0.15) is 0 Å². The van der Waals surface area contributed by atoms with Crippen LogP contribution in [0, 0.1) is 27.7 Å². The molecule has 4 aromatic carbocycles. The van der Waals surface area contributed by atoms with Crippen LogP contribution < -0.4 is 39.6 Å². The molecule has 6 nitrogen and oxygen atoms in total. The molecular weight excluding hydrogens is 603 g/mol. The minimum Gasteiger partial charge on any atom is -0.496 e. The number of para-hydroxylation sites is 1. The van der Waals surface area contributed by atoms with Gasteiger partial charge in [0.05, 0.1) is 18.7 Å². The molecule has 0 bridgehead atoms. The molecule has 4 aromatic rings. The summed E-state index contributed by atoms with van der Waals surface area (Å²) < 4.78 is 46.6. The van der Waals surface area contributed by atoms with Crippen LogP contribution in [0.4, 0.5) is 0 Å². The Kier molecular flexibility index (Phi) is 7.65. The maximum atomic E-state index is 15.9. The third kappa shape index (κ3) is 5.11. The van der Waals surface area contributed by atoms with E-state index in [1.54, 1.807) is 14.2 Å². The van der Waals surface area contributed by atoms with E-state index in [1.807, 2.05) is 102 Å². The van der Waals surface area contributed by atoms with Crippen molar-refractivity contribution in [1.82, 2.24) is 0 Å². The lowest BCUT2D eigenvalue weighted by Crippen LogP contribution is -2.30. The van der Waals surface area contributed by atoms with Crippen LogP contribution >= 0.6 is 23.1 Å². The molecule has 0 unspecified atom stereocenters. The first-order valence-corrected chi connectivity index (χ1v) is 15.8. The highest BCUT2D eigenvalue weighted by atomic mass is 79.9. The molecule has 214 valence electrons. The van der Waals surface area contributed by atoms with Crippen LogP contribution in [-0.2, 0) is 4.57 Å². The Bertz CT molecular complexity index is 1590. The fraction of sp³-hybridized carbons (Fsp3) is 0.273. The predicted molar refractivity (Wildman–Crippen MR) is 167 cm³/mol. The molecule has 1 heterocycles. The standard InChI is InChI=1S/C33H34BrO6P/c1-19-14-24(15-20(2)29(19)36-7)41(35,25-16-21(3)30(37-8)22(4)17-25)27-18-26(38-23-12-10-9-11-13-23)31-32(28(27)34)40-33(5,6)39-31/h9-18H,1-8H3. The van der Waals surface area contributed by atoms with E-state index in [4.69, 9.17) is 23.7 Å². The average Bonchev–Trinajstić information content (AvgIpc) is 3.26. The van der Waals surface area contributed by atoms with Crippen molar-refractivity contribution in [1.29, 1.82) is 0 Å². The molecule has 0 aromatic heterocycles. The van der Waals surface area contributed by atoms with Gasteiger partial charge in [-0.25, -0.2) is 0 Å². The fourth-order valence-corrected chi connectivity index (χ4v) is 9.65. The highest BCUT2D eigenvalue weighted by Gasteiger charge is 2.42. The lowest BCUT2D eigenvalue weighted by molar-refractivity contribution is -0.0440. The van der Waals surface area contributed by atoms with E-state index in [2.05, 4.69) is 15.9 Å². The van der Waals surface area contributed by atoms with Gasteiger partial charge in [0.15, 0.2) is 18.6 Å². The SMILES string of the molecule is COc1c(C)cc(P(=O)(c2cc(C)c(OC)c(C)c2)c2cc(Oc3ccccc3)c3c(c2Br)OC(C)(C)O3)cc1C. The molecule has 1 aliphatic heterocycles. The molecule has 0 amide bonds. The number of fused-ring (bicyclic) bond motifs is 1. The van der Waals surface area contributed by atoms with E-state index in [0.29, 0.717) is 43.4 Å². The van der Waals surface area contributed by atoms with Crippen molar-refractivity contribution < 1.29 is 28.2 Å². The summed E-state index contributed by atoms with van der Waals surface area (Å²) in [6, 6.07) is 19.0. The monoisotopic (exact) mass is 636 g/mol. The van der Waals surface area contributed by atoms with Crippen LogP contribution in [0.1, 0.15) is 36.1 Å². The van der Waals surface area contributed by atoms with Crippen molar-refractivity contribution in [3.63, 3.8) is 0 Å². The second kappa shape index (κ2) is 10.8. The minimum atomic E-state index is -3.56. The molecule has 0 saturated heterocycles. The van der Waals surface area contributed by atoms with Gasteiger partial charge < -0.3 is 28.2 Å². The van der Waals surface area contributed by atoms with E-state index < -0.39 is 12.9 Å². The maximum Gasteiger partial charge on any atom is 0.246 e. The third-order valence-corrected chi connectivity index (χ3v) is 11.2. The smallest absolute Gasteiger partial charge is 0.246 e. The summed E-state index contributed by atoms with van der Waals surface area (Å²) in [6.45, 7) is 11.5. The van der Waals surface area contributed by atoms with E-state index in [1.165, 1.54) is 0 Å². The van der Waals surface area contributed by atoms with E-state index >= 15 is 4.57 Å². The van der Waals surface area contributed by atoms with Gasteiger partial charge in [-0.3, -0.25) is 0 Å². The van der Waals surface area contributed by atoms with Crippen molar-refractivity contribution in [3.8, 4) is 34.5 Å². The third-order valence-electron chi connectivity index (χ3n) is 7.15. The number of hydrogen-bond acceptors (Lipinski definition) is 6. The first kappa shape index (κ1) is 29.1. The second-order valence-corrected chi connectivity index (χ2v) is 14.2. The maximum absolute atomic E-state index is 15.9. The zero-order chi connectivity index (χ0) is 29.7. The first-order chi connectivity index (χ1) is 19.4. The molecule has 1 aliphatic rings. The molecule has 0 aliphatic carbocycles. The molecule has 8 heteroatoms. The van der Waals surface area contributed by atoms with Gasteiger partial charge in [-0.15, -0.1) is 0 Å². The Morgan fingerprint density at radius 2 is 1.20 bits per heavy atom. The molecule has 0 radical (unpaired) electrons. The molecule has 0 atom stereocenters. The number of methoxy groups -OCH3 is 2. The van der Waals surface area contributed by atoms with Gasteiger partial charge in [0.1, 0.15) is 17.2 Å². The Morgan fingerprint density at radius 3 is 1.66 bits per heavy atom. The zero-order valence-corrected chi connectivity index (χ0v) is 27.0. The highest BCUT2D eigenvalue weighted by molar-refractivity contribution is 9.10. The summed E-state index contributed by atoms with van der Waals surface area (Å²) in [5, 5.41) is 1.87. The van der Waals surface area contributed by atoms with Crippen molar-refractivity contribution in [2.24, 2.45) is 0 Å². The number of hydrogen-bond donors (Lipinski definition) is 0. The van der Waals surface area contributed by atoms with E-state index in [0.717, 1.165) is 33.8 Å². The van der Waals surface area contributed by atoms with Crippen LogP contribution in [0.2, 0.25) is 0 Å². The van der Waals surface area contributed by atoms with Crippen LogP contribution in [0.3, 0.4) is 0 Å². The fourth-order valence-electron chi connectivity index (χ4n) is 5.49. The summed E-state index contributed by atoms with van der Waals surface area (Å²) >= 11 is 3.78. The number of ether oxygens (including phenoxy) is 5. The van der Waals surface area contributed by atoms with Gasteiger partial charge >= 0.3 is 0 Å². The van der Waals surface area contributed by atoms with Crippen LogP contribution in [0.25, 0.3) is 0 Å². The number of aryl methyl sites for hydroxylation is 4. The molecule has 0 N–H and O–H groups in total. The first-order valence-electron chi connectivity index (χ1n) is 13.3. The quantitative estimate of drug-likeness (QED) is 0.194. The largest absolute Gasteiger partial charge is 0.496 e. The summed E-state index contributed by atoms with van der Waals surface area (Å²) in [4.78, 5) is 0. The minimum absolute atomic E-state index is 0.416. The van der Waals surface area contributed by atoms with Crippen molar-refractivity contribution >= 4 is 39.0 Å². The Labute approximate surface area is 250 Å². The Hall–Kier alpha value is -3.41.